The standard InChI is InChI=1S/C14H19N3O4S/c1-10(18)16-13-4-2-11(3-5-13)7-17-8-12(6-14(17)19)9-22(15,20)21/h2-5,12H,6-9H2,1H3,(H,16,18)(H2,15,20,21). The van der Waals surface area contributed by atoms with E-state index in [0.717, 1.165) is 5.56 Å². The third-order valence-corrected chi connectivity index (χ3v) is 4.35. The Morgan fingerprint density at radius 2 is 2.00 bits per heavy atom. The first kappa shape index (κ1) is 16.4. The molecule has 1 aliphatic heterocycles. The van der Waals surface area contributed by atoms with Crippen molar-refractivity contribution in [2.45, 2.75) is 19.9 Å². The molecular weight excluding hydrogens is 306 g/mol. The zero-order valence-corrected chi connectivity index (χ0v) is 13.1. The lowest BCUT2D eigenvalue weighted by atomic mass is 10.1. The zero-order chi connectivity index (χ0) is 16.3. The maximum atomic E-state index is 11.9. The van der Waals surface area contributed by atoms with Gasteiger partial charge in [0.25, 0.3) is 0 Å². The van der Waals surface area contributed by atoms with Crippen LogP contribution in [-0.4, -0.2) is 37.4 Å². The molecule has 0 aromatic heterocycles. The highest BCUT2D eigenvalue weighted by Crippen LogP contribution is 2.21. The Morgan fingerprint density at radius 1 is 1.36 bits per heavy atom. The van der Waals surface area contributed by atoms with E-state index in [0.29, 0.717) is 18.8 Å². The number of hydrogen-bond acceptors (Lipinski definition) is 4. The summed E-state index contributed by atoms with van der Waals surface area (Å²) >= 11 is 0. The second-order valence-corrected chi connectivity index (χ2v) is 7.21. The van der Waals surface area contributed by atoms with Crippen molar-refractivity contribution < 1.29 is 18.0 Å². The lowest BCUT2D eigenvalue weighted by Crippen LogP contribution is -2.27. The third kappa shape index (κ3) is 4.81. The maximum Gasteiger partial charge on any atom is 0.223 e. The van der Waals surface area contributed by atoms with Gasteiger partial charge in [-0.2, -0.15) is 0 Å². The molecule has 8 heteroatoms. The largest absolute Gasteiger partial charge is 0.338 e. The average Bonchev–Trinajstić information content (AvgIpc) is 2.69. The molecule has 7 nitrogen and oxygen atoms in total. The average molecular weight is 325 g/mol. The number of benzene rings is 1. The number of carbonyl (C=O) groups excluding carboxylic acids is 2. The van der Waals surface area contributed by atoms with Crippen LogP contribution in [0.5, 0.6) is 0 Å². The highest BCUT2D eigenvalue weighted by Gasteiger charge is 2.31. The molecule has 1 aliphatic rings. The molecule has 1 fully saturated rings. The number of carbonyl (C=O) groups is 2. The van der Waals surface area contributed by atoms with Crippen molar-refractivity contribution in [2.24, 2.45) is 11.1 Å². The van der Waals surface area contributed by atoms with Crippen molar-refractivity contribution in [1.82, 2.24) is 4.90 Å². The van der Waals surface area contributed by atoms with Crippen LogP contribution in [0.4, 0.5) is 5.69 Å². The summed E-state index contributed by atoms with van der Waals surface area (Å²) in [6.45, 7) is 2.24. The summed E-state index contributed by atoms with van der Waals surface area (Å²) < 4.78 is 22.2. The molecule has 0 bridgehead atoms. The van der Waals surface area contributed by atoms with Crippen molar-refractivity contribution in [2.75, 3.05) is 17.6 Å². The molecule has 2 rings (SSSR count). The van der Waals surface area contributed by atoms with Crippen LogP contribution < -0.4 is 10.5 Å². The Labute approximate surface area is 129 Å². The molecule has 3 N–H and O–H groups in total. The van der Waals surface area contributed by atoms with Crippen LogP contribution in [-0.2, 0) is 26.2 Å². The monoisotopic (exact) mass is 325 g/mol. The van der Waals surface area contributed by atoms with Crippen LogP contribution in [0.15, 0.2) is 24.3 Å². The highest BCUT2D eigenvalue weighted by molar-refractivity contribution is 7.89. The number of primary sulfonamides is 1. The van der Waals surface area contributed by atoms with Gasteiger partial charge in [-0.1, -0.05) is 12.1 Å². The van der Waals surface area contributed by atoms with Gasteiger partial charge in [0.1, 0.15) is 0 Å². The van der Waals surface area contributed by atoms with Crippen LogP contribution in [0.2, 0.25) is 0 Å². The van der Waals surface area contributed by atoms with Gasteiger partial charge >= 0.3 is 0 Å². The Kier molecular flexibility index (Phi) is 4.82. The number of sulfonamides is 1. The summed E-state index contributed by atoms with van der Waals surface area (Å²) in [6.07, 6.45) is 0.209. The van der Waals surface area contributed by atoms with E-state index in [1.54, 1.807) is 17.0 Å². The third-order valence-electron chi connectivity index (χ3n) is 3.41. The number of hydrogen-bond donors (Lipinski definition) is 2. The van der Waals surface area contributed by atoms with E-state index in [1.165, 1.54) is 6.92 Å². The van der Waals surface area contributed by atoms with Gasteiger partial charge in [0, 0.05) is 38.0 Å². The molecule has 120 valence electrons. The molecule has 0 saturated carbocycles. The molecule has 22 heavy (non-hydrogen) atoms. The molecule has 2 amide bonds. The molecule has 1 atom stereocenters. The summed E-state index contributed by atoms with van der Waals surface area (Å²) in [5.41, 5.74) is 1.61. The van der Waals surface area contributed by atoms with Crippen molar-refractivity contribution in [3.63, 3.8) is 0 Å². The smallest absolute Gasteiger partial charge is 0.223 e. The number of amides is 2. The molecule has 1 aromatic carbocycles. The van der Waals surface area contributed by atoms with E-state index in [9.17, 15) is 18.0 Å². The fourth-order valence-electron chi connectivity index (χ4n) is 2.56. The van der Waals surface area contributed by atoms with Gasteiger partial charge in [-0.25, -0.2) is 13.6 Å². The number of nitrogens with one attached hydrogen (secondary N) is 1. The summed E-state index contributed by atoms with van der Waals surface area (Å²) in [7, 11) is -3.56. The second-order valence-electron chi connectivity index (χ2n) is 5.55. The van der Waals surface area contributed by atoms with Gasteiger partial charge in [-0.15, -0.1) is 0 Å². The van der Waals surface area contributed by atoms with Gasteiger partial charge in [0.05, 0.1) is 5.75 Å². The normalized spacial score (nSPS) is 18.5. The van der Waals surface area contributed by atoms with Crippen LogP contribution in [0.25, 0.3) is 0 Å². The molecule has 1 saturated heterocycles. The van der Waals surface area contributed by atoms with Crippen LogP contribution in [0.1, 0.15) is 18.9 Å². The summed E-state index contributed by atoms with van der Waals surface area (Å²) in [5, 5.41) is 7.69. The van der Waals surface area contributed by atoms with E-state index in [1.807, 2.05) is 12.1 Å². The quantitative estimate of drug-likeness (QED) is 0.810. The number of nitrogens with zero attached hydrogens (tertiary/aromatic N) is 1. The van der Waals surface area contributed by atoms with Crippen molar-refractivity contribution in [1.29, 1.82) is 0 Å². The first-order chi connectivity index (χ1) is 10.2. The topological polar surface area (TPSA) is 110 Å². The van der Waals surface area contributed by atoms with Crippen LogP contribution >= 0.6 is 0 Å². The number of rotatable bonds is 5. The molecule has 1 heterocycles. The van der Waals surface area contributed by atoms with Crippen LogP contribution in [0, 0.1) is 5.92 Å². The molecule has 0 spiro atoms. The predicted molar refractivity (Wildman–Crippen MR) is 82.2 cm³/mol. The first-order valence-corrected chi connectivity index (χ1v) is 8.59. The van der Waals surface area contributed by atoms with Gasteiger partial charge in [0.2, 0.25) is 21.8 Å². The minimum absolute atomic E-state index is 0.0698. The fraction of sp³-hybridized carbons (Fsp3) is 0.429. The van der Waals surface area contributed by atoms with Gasteiger partial charge < -0.3 is 10.2 Å². The van der Waals surface area contributed by atoms with E-state index in [-0.39, 0.29) is 29.9 Å². The maximum absolute atomic E-state index is 11.9. The number of anilines is 1. The number of likely N-dealkylation sites (tertiary alicyclic amines) is 1. The lowest BCUT2D eigenvalue weighted by molar-refractivity contribution is -0.128. The summed E-state index contributed by atoms with van der Waals surface area (Å²) in [4.78, 5) is 24.5. The molecule has 1 aromatic rings. The summed E-state index contributed by atoms with van der Waals surface area (Å²) in [5.74, 6) is -0.634. The van der Waals surface area contributed by atoms with E-state index in [2.05, 4.69) is 5.32 Å². The predicted octanol–water partition coefficient (Wildman–Crippen LogP) is 0.282. The minimum Gasteiger partial charge on any atom is -0.338 e. The lowest BCUT2D eigenvalue weighted by Gasteiger charge is -2.17. The summed E-state index contributed by atoms with van der Waals surface area (Å²) in [6, 6.07) is 7.18. The van der Waals surface area contributed by atoms with E-state index >= 15 is 0 Å². The van der Waals surface area contributed by atoms with Crippen molar-refractivity contribution in [3.8, 4) is 0 Å². The Balaban J connectivity index is 1.96. The fourth-order valence-corrected chi connectivity index (χ4v) is 3.44. The van der Waals surface area contributed by atoms with Gasteiger partial charge in [0.15, 0.2) is 0 Å². The highest BCUT2D eigenvalue weighted by atomic mass is 32.2. The van der Waals surface area contributed by atoms with E-state index < -0.39 is 10.0 Å². The molecule has 1 unspecified atom stereocenters. The molecular formula is C14H19N3O4S. The molecule has 0 aliphatic carbocycles. The first-order valence-electron chi connectivity index (χ1n) is 6.88. The van der Waals surface area contributed by atoms with Gasteiger partial charge in [-0.05, 0) is 17.7 Å². The SMILES string of the molecule is CC(=O)Nc1ccc(CN2CC(CS(N)(=O)=O)CC2=O)cc1. The van der Waals surface area contributed by atoms with Gasteiger partial charge in [-0.3, -0.25) is 9.59 Å². The van der Waals surface area contributed by atoms with Crippen molar-refractivity contribution >= 4 is 27.5 Å². The zero-order valence-electron chi connectivity index (χ0n) is 12.3. The Bertz CT molecular complexity index is 670. The Hall–Kier alpha value is -1.93. The van der Waals surface area contributed by atoms with Crippen LogP contribution in [0.3, 0.4) is 0 Å². The minimum atomic E-state index is -3.56. The van der Waals surface area contributed by atoms with Crippen molar-refractivity contribution in [3.05, 3.63) is 29.8 Å². The molecule has 0 radical (unpaired) electrons. The number of nitrogens with two attached hydrogens (primary N) is 1. The van der Waals surface area contributed by atoms with E-state index in [4.69, 9.17) is 5.14 Å². The second kappa shape index (κ2) is 6.45. The Morgan fingerprint density at radius 3 is 2.55 bits per heavy atom.